The Bertz CT molecular complexity index is 731. The second kappa shape index (κ2) is 8.26. The zero-order valence-electron chi connectivity index (χ0n) is 16.3. The van der Waals surface area contributed by atoms with Gasteiger partial charge in [0.15, 0.2) is 0 Å². The number of anilines is 1. The van der Waals surface area contributed by atoms with Crippen molar-refractivity contribution in [3.63, 3.8) is 0 Å². The lowest BCUT2D eigenvalue weighted by Crippen LogP contribution is -2.52. The zero-order valence-corrected chi connectivity index (χ0v) is 16.3. The highest BCUT2D eigenvalue weighted by atomic mass is 16.2. The van der Waals surface area contributed by atoms with Crippen molar-refractivity contribution in [2.45, 2.75) is 63.6 Å². The molecule has 0 radical (unpaired) electrons. The van der Waals surface area contributed by atoms with Gasteiger partial charge < -0.3 is 4.90 Å². The molecule has 3 heteroatoms. The molecular formula is C24H30N2O. The van der Waals surface area contributed by atoms with E-state index in [9.17, 15) is 4.79 Å². The summed E-state index contributed by atoms with van der Waals surface area (Å²) >= 11 is 0. The van der Waals surface area contributed by atoms with Crippen LogP contribution in [0.15, 0.2) is 60.7 Å². The van der Waals surface area contributed by atoms with Crippen molar-refractivity contribution >= 4 is 11.6 Å². The SMILES string of the molecule is CCC(=O)N(c1ccccc1)C1C[C@H]2CC[C@H](C1)N2CCc1ccccc1. The van der Waals surface area contributed by atoms with Crippen molar-refractivity contribution < 1.29 is 4.79 Å². The minimum Gasteiger partial charge on any atom is -0.309 e. The van der Waals surface area contributed by atoms with E-state index >= 15 is 0 Å². The summed E-state index contributed by atoms with van der Waals surface area (Å²) in [4.78, 5) is 17.6. The van der Waals surface area contributed by atoms with E-state index < -0.39 is 0 Å². The van der Waals surface area contributed by atoms with Crippen molar-refractivity contribution in [2.75, 3.05) is 11.4 Å². The molecule has 2 saturated heterocycles. The van der Waals surface area contributed by atoms with Crippen molar-refractivity contribution in [2.24, 2.45) is 0 Å². The number of carbonyl (C=O) groups excluding carboxylic acids is 1. The molecule has 2 fully saturated rings. The van der Waals surface area contributed by atoms with Crippen LogP contribution in [0.3, 0.4) is 0 Å². The van der Waals surface area contributed by atoms with E-state index in [1.807, 2.05) is 25.1 Å². The number of nitrogens with zero attached hydrogens (tertiary/aromatic N) is 2. The molecule has 0 unspecified atom stereocenters. The highest BCUT2D eigenvalue weighted by Crippen LogP contribution is 2.39. The number of fused-ring (bicyclic) bond motifs is 2. The molecule has 2 atom stereocenters. The van der Waals surface area contributed by atoms with Crippen LogP contribution < -0.4 is 4.90 Å². The summed E-state index contributed by atoms with van der Waals surface area (Å²) in [6.07, 6.45) is 6.45. The van der Waals surface area contributed by atoms with E-state index in [1.165, 1.54) is 18.4 Å². The summed E-state index contributed by atoms with van der Waals surface area (Å²) in [6, 6.07) is 22.6. The lowest BCUT2D eigenvalue weighted by Gasteiger charge is -2.43. The first-order chi connectivity index (χ1) is 13.3. The van der Waals surface area contributed by atoms with Gasteiger partial charge >= 0.3 is 0 Å². The van der Waals surface area contributed by atoms with Crippen LogP contribution in [0.1, 0.15) is 44.6 Å². The largest absolute Gasteiger partial charge is 0.309 e. The fraction of sp³-hybridized carbons (Fsp3) is 0.458. The first kappa shape index (κ1) is 18.2. The van der Waals surface area contributed by atoms with Crippen LogP contribution in [-0.4, -0.2) is 35.5 Å². The maximum atomic E-state index is 12.8. The Labute approximate surface area is 163 Å². The van der Waals surface area contributed by atoms with Crippen LogP contribution in [0, 0.1) is 0 Å². The van der Waals surface area contributed by atoms with Gasteiger partial charge in [0.2, 0.25) is 5.91 Å². The van der Waals surface area contributed by atoms with Gasteiger partial charge in [-0.15, -0.1) is 0 Å². The summed E-state index contributed by atoms with van der Waals surface area (Å²) in [5, 5.41) is 0. The number of piperidine rings is 1. The lowest BCUT2D eigenvalue weighted by molar-refractivity contribution is -0.119. The normalized spacial score (nSPS) is 24.7. The quantitative estimate of drug-likeness (QED) is 0.746. The molecule has 0 N–H and O–H groups in total. The van der Waals surface area contributed by atoms with Crippen molar-refractivity contribution in [1.29, 1.82) is 0 Å². The average Bonchev–Trinajstić information content (AvgIpc) is 2.95. The average molecular weight is 363 g/mol. The molecule has 2 aliphatic heterocycles. The fourth-order valence-corrected chi connectivity index (χ4v) is 5.04. The number of hydrogen-bond donors (Lipinski definition) is 0. The van der Waals surface area contributed by atoms with E-state index in [-0.39, 0.29) is 5.91 Å². The van der Waals surface area contributed by atoms with E-state index in [0.29, 0.717) is 24.5 Å². The third-order valence-corrected chi connectivity index (χ3v) is 6.33. The molecule has 2 aliphatic rings. The van der Waals surface area contributed by atoms with Crippen LogP contribution >= 0.6 is 0 Å². The smallest absolute Gasteiger partial charge is 0.226 e. The predicted molar refractivity (Wildman–Crippen MR) is 111 cm³/mol. The van der Waals surface area contributed by atoms with Crippen LogP contribution in [0.25, 0.3) is 0 Å². The highest BCUT2D eigenvalue weighted by Gasteiger charge is 2.43. The minimum atomic E-state index is 0.253. The number of para-hydroxylation sites is 1. The van der Waals surface area contributed by atoms with Gasteiger partial charge in [-0.3, -0.25) is 9.69 Å². The molecule has 142 valence electrons. The number of carbonyl (C=O) groups is 1. The van der Waals surface area contributed by atoms with Crippen molar-refractivity contribution in [3.8, 4) is 0 Å². The molecule has 0 aliphatic carbocycles. The molecule has 2 aromatic rings. The molecule has 2 heterocycles. The van der Waals surface area contributed by atoms with E-state index in [1.54, 1.807) is 0 Å². The van der Waals surface area contributed by atoms with Gasteiger partial charge in [0.25, 0.3) is 0 Å². The Kier molecular flexibility index (Phi) is 5.58. The first-order valence-corrected chi connectivity index (χ1v) is 10.4. The second-order valence-electron chi connectivity index (χ2n) is 7.94. The first-order valence-electron chi connectivity index (χ1n) is 10.4. The molecule has 3 nitrogen and oxygen atoms in total. The number of rotatable bonds is 6. The topological polar surface area (TPSA) is 23.6 Å². The van der Waals surface area contributed by atoms with Crippen molar-refractivity contribution in [3.05, 3.63) is 66.2 Å². The molecule has 2 bridgehead atoms. The minimum absolute atomic E-state index is 0.253. The lowest BCUT2D eigenvalue weighted by atomic mass is 9.94. The third-order valence-electron chi connectivity index (χ3n) is 6.33. The molecule has 0 spiro atoms. The van der Waals surface area contributed by atoms with E-state index in [0.717, 1.165) is 31.5 Å². The van der Waals surface area contributed by atoms with Gasteiger partial charge in [-0.25, -0.2) is 0 Å². The molecule has 4 rings (SSSR count). The fourth-order valence-electron chi connectivity index (χ4n) is 5.04. The summed E-state index contributed by atoms with van der Waals surface area (Å²) in [5.41, 5.74) is 2.48. The Morgan fingerprint density at radius 3 is 2.15 bits per heavy atom. The molecule has 0 aromatic heterocycles. The monoisotopic (exact) mass is 362 g/mol. The van der Waals surface area contributed by atoms with Crippen LogP contribution in [0.4, 0.5) is 5.69 Å². The Morgan fingerprint density at radius 2 is 1.56 bits per heavy atom. The van der Waals surface area contributed by atoms with Crippen LogP contribution in [-0.2, 0) is 11.2 Å². The summed E-state index contributed by atoms with van der Waals surface area (Å²) in [5.74, 6) is 0.253. The van der Waals surface area contributed by atoms with Crippen LogP contribution in [0.5, 0.6) is 0 Å². The van der Waals surface area contributed by atoms with E-state index in [2.05, 4.69) is 52.3 Å². The summed E-state index contributed by atoms with van der Waals surface area (Å²) in [6.45, 7) is 3.11. The van der Waals surface area contributed by atoms with Gasteiger partial charge in [0, 0.05) is 36.8 Å². The molecular weight excluding hydrogens is 332 g/mol. The summed E-state index contributed by atoms with van der Waals surface area (Å²) < 4.78 is 0. The van der Waals surface area contributed by atoms with E-state index in [4.69, 9.17) is 0 Å². The van der Waals surface area contributed by atoms with Gasteiger partial charge in [-0.05, 0) is 49.8 Å². The number of benzene rings is 2. The second-order valence-corrected chi connectivity index (χ2v) is 7.94. The predicted octanol–water partition coefficient (Wildman–Crippen LogP) is 4.67. The van der Waals surface area contributed by atoms with Gasteiger partial charge in [0.1, 0.15) is 0 Å². The standard InChI is InChI=1S/C24H30N2O/c1-2-24(27)26(20-11-7-4-8-12-20)23-17-21-13-14-22(18-23)25(21)16-15-19-9-5-3-6-10-19/h3-12,21-23H,2,13-18H2,1H3/t21-,22-/m1/s1. The van der Waals surface area contributed by atoms with Gasteiger partial charge in [-0.2, -0.15) is 0 Å². The molecule has 1 amide bonds. The zero-order chi connectivity index (χ0) is 18.6. The van der Waals surface area contributed by atoms with Crippen molar-refractivity contribution in [1.82, 2.24) is 4.90 Å². The Morgan fingerprint density at radius 1 is 0.963 bits per heavy atom. The Hall–Kier alpha value is -2.13. The maximum absolute atomic E-state index is 12.8. The molecule has 27 heavy (non-hydrogen) atoms. The van der Waals surface area contributed by atoms with Gasteiger partial charge in [0.05, 0.1) is 0 Å². The third kappa shape index (κ3) is 3.93. The molecule has 0 saturated carbocycles. The number of hydrogen-bond acceptors (Lipinski definition) is 2. The van der Waals surface area contributed by atoms with Crippen LogP contribution in [0.2, 0.25) is 0 Å². The Balaban J connectivity index is 1.46. The molecule has 2 aromatic carbocycles. The maximum Gasteiger partial charge on any atom is 0.226 e. The number of amides is 1. The summed E-state index contributed by atoms with van der Waals surface area (Å²) in [7, 11) is 0. The van der Waals surface area contributed by atoms with Gasteiger partial charge in [-0.1, -0.05) is 55.5 Å². The highest BCUT2D eigenvalue weighted by molar-refractivity contribution is 5.93.